The molecule has 0 spiro atoms. The highest BCUT2D eigenvalue weighted by Crippen LogP contribution is 2.31. The molecule has 13 heteroatoms. The van der Waals surface area contributed by atoms with Crippen molar-refractivity contribution in [2.75, 3.05) is 25.0 Å². The van der Waals surface area contributed by atoms with Crippen molar-refractivity contribution in [3.05, 3.63) is 47.6 Å². The van der Waals surface area contributed by atoms with Crippen LogP contribution in [-0.2, 0) is 20.3 Å². The fraction of sp³-hybridized carbons (Fsp3) is 0.409. The second kappa shape index (κ2) is 10.2. The third-order valence-corrected chi connectivity index (χ3v) is 8.12. The summed E-state index contributed by atoms with van der Waals surface area (Å²) in [4.78, 5) is 30.9. The number of methoxy groups -OCH3 is 1. The molecule has 0 radical (unpaired) electrons. The van der Waals surface area contributed by atoms with Crippen molar-refractivity contribution in [2.45, 2.75) is 37.5 Å². The highest BCUT2D eigenvalue weighted by Gasteiger charge is 2.36. The lowest BCUT2D eigenvalue weighted by Gasteiger charge is -2.29. The molecule has 0 aromatic carbocycles. The quantitative estimate of drug-likeness (QED) is 0.391. The molecule has 2 N–H and O–H groups in total. The molecule has 1 amide bonds. The minimum absolute atomic E-state index is 0.102. The standard InChI is InChI=1S/C22H26N6O5S2/c1-4-33-19-12-23-10-16(26-19)17-11-25-21(34-17)20(29)27-22(2,13-32-3)18-9-14(7-8-24-18)28-35(30,31)15-5-6-15/h7-12,15H,4-6,13H2,1-3H3,(H,24,28)(H,27,29)/t22-/m1/s1. The molecular weight excluding hydrogens is 492 g/mol. The fourth-order valence-corrected chi connectivity index (χ4v) is 5.51. The van der Waals surface area contributed by atoms with Crippen LogP contribution in [0.3, 0.4) is 0 Å². The van der Waals surface area contributed by atoms with Gasteiger partial charge in [-0.2, -0.15) is 0 Å². The minimum atomic E-state index is -3.44. The van der Waals surface area contributed by atoms with Gasteiger partial charge in [0.05, 0.1) is 47.1 Å². The second-order valence-electron chi connectivity index (χ2n) is 8.20. The number of rotatable bonds is 11. The number of hydrogen-bond acceptors (Lipinski definition) is 10. The van der Waals surface area contributed by atoms with E-state index in [4.69, 9.17) is 9.47 Å². The van der Waals surface area contributed by atoms with E-state index in [1.807, 2.05) is 6.92 Å². The van der Waals surface area contributed by atoms with Crippen molar-refractivity contribution >= 4 is 33.0 Å². The first kappa shape index (κ1) is 24.9. The maximum Gasteiger partial charge on any atom is 0.281 e. The van der Waals surface area contributed by atoms with Crippen LogP contribution in [0.25, 0.3) is 10.6 Å². The van der Waals surface area contributed by atoms with Gasteiger partial charge in [0, 0.05) is 19.5 Å². The van der Waals surface area contributed by atoms with Crippen molar-refractivity contribution in [1.29, 1.82) is 0 Å². The number of anilines is 1. The van der Waals surface area contributed by atoms with Gasteiger partial charge in [0.25, 0.3) is 5.91 Å². The molecule has 186 valence electrons. The number of carbonyl (C=O) groups is 1. The molecule has 1 aliphatic carbocycles. The third-order valence-electron chi connectivity index (χ3n) is 5.23. The Hall–Kier alpha value is -3.16. The first-order valence-corrected chi connectivity index (χ1v) is 13.3. The van der Waals surface area contributed by atoms with E-state index < -0.39 is 21.5 Å². The van der Waals surface area contributed by atoms with Crippen LogP contribution in [-0.4, -0.2) is 59.8 Å². The molecule has 0 unspecified atom stereocenters. The van der Waals surface area contributed by atoms with E-state index >= 15 is 0 Å². The van der Waals surface area contributed by atoms with E-state index in [0.29, 0.717) is 47.3 Å². The highest BCUT2D eigenvalue weighted by atomic mass is 32.2. The summed E-state index contributed by atoms with van der Waals surface area (Å²) < 4.78 is 38.0. The van der Waals surface area contributed by atoms with Crippen LogP contribution in [0.1, 0.15) is 42.2 Å². The molecule has 11 nitrogen and oxygen atoms in total. The molecule has 3 heterocycles. The molecular formula is C22H26N6O5S2. The number of amides is 1. The Morgan fingerprint density at radius 1 is 1.26 bits per heavy atom. The summed E-state index contributed by atoms with van der Waals surface area (Å²) in [6.07, 6.45) is 7.45. The van der Waals surface area contributed by atoms with Crippen molar-refractivity contribution in [3.8, 4) is 16.5 Å². The molecule has 1 fully saturated rings. The smallest absolute Gasteiger partial charge is 0.281 e. The summed E-state index contributed by atoms with van der Waals surface area (Å²) in [5.41, 5.74) is 0.316. The van der Waals surface area contributed by atoms with Crippen LogP contribution < -0.4 is 14.8 Å². The lowest BCUT2D eigenvalue weighted by Crippen LogP contribution is -2.47. The normalized spacial score (nSPS) is 15.3. The number of nitrogens with one attached hydrogen (secondary N) is 2. The Morgan fingerprint density at radius 2 is 2.06 bits per heavy atom. The fourth-order valence-electron chi connectivity index (χ4n) is 3.37. The zero-order chi connectivity index (χ0) is 25.1. The molecule has 0 bridgehead atoms. The van der Waals surface area contributed by atoms with Crippen molar-refractivity contribution in [2.24, 2.45) is 0 Å². The number of hydrogen-bond donors (Lipinski definition) is 2. The summed E-state index contributed by atoms with van der Waals surface area (Å²) in [5, 5.41) is 2.79. The van der Waals surface area contributed by atoms with Gasteiger partial charge < -0.3 is 14.8 Å². The molecule has 0 aliphatic heterocycles. The molecule has 1 aliphatic rings. The van der Waals surface area contributed by atoms with E-state index in [-0.39, 0.29) is 16.9 Å². The number of thiazole rings is 1. The van der Waals surface area contributed by atoms with Crippen LogP contribution in [0, 0.1) is 0 Å². The van der Waals surface area contributed by atoms with Gasteiger partial charge in [-0.1, -0.05) is 0 Å². The van der Waals surface area contributed by atoms with Crippen molar-refractivity contribution in [1.82, 2.24) is 25.3 Å². The summed E-state index contributed by atoms with van der Waals surface area (Å²) in [6.45, 7) is 4.17. The number of ether oxygens (including phenoxy) is 2. The topological polar surface area (TPSA) is 145 Å². The van der Waals surface area contributed by atoms with E-state index in [0.717, 1.165) is 11.3 Å². The van der Waals surface area contributed by atoms with Gasteiger partial charge in [-0.15, -0.1) is 11.3 Å². The first-order valence-electron chi connectivity index (χ1n) is 10.9. The van der Waals surface area contributed by atoms with E-state index in [1.165, 1.54) is 19.5 Å². The van der Waals surface area contributed by atoms with Gasteiger partial charge in [-0.05, 0) is 38.8 Å². The molecule has 3 aromatic heterocycles. The lowest BCUT2D eigenvalue weighted by atomic mass is 9.97. The zero-order valence-corrected chi connectivity index (χ0v) is 21.1. The summed E-state index contributed by atoms with van der Waals surface area (Å²) >= 11 is 1.16. The van der Waals surface area contributed by atoms with Crippen LogP contribution in [0.5, 0.6) is 5.88 Å². The Kier molecular flexibility index (Phi) is 7.28. The molecule has 3 aromatic rings. The first-order chi connectivity index (χ1) is 16.7. The van der Waals surface area contributed by atoms with Crippen LogP contribution in [0.15, 0.2) is 36.9 Å². The average Bonchev–Trinajstić information content (AvgIpc) is 3.57. The SMILES string of the molecule is CCOc1cncc(-c2cnc(C(=O)N[C@](C)(COC)c3cc(NS(=O)(=O)C4CC4)ccn3)s2)n1. The van der Waals surface area contributed by atoms with Crippen LogP contribution in [0.2, 0.25) is 0 Å². The van der Waals surface area contributed by atoms with E-state index in [2.05, 4.69) is 30.0 Å². The van der Waals surface area contributed by atoms with Gasteiger partial charge in [0.15, 0.2) is 5.01 Å². The molecule has 1 saturated carbocycles. The summed E-state index contributed by atoms with van der Waals surface area (Å²) in [6, 6.07) is 3.17. The predicted molar refractivity (Wildman–Crippen MR) is 131 cm³/mol. The monoisotopic (exact) mass is 518 g/mol. The third kappa shape index (κ3) is 5.92. The summed E-state index contributed by atoms with van der Waals surface area (Å²) in [7, 11) is -1.93. The molecule has 0 saturated heterocycles. The van der Waals surface area contributed by atoms with Crippen LogP contribution >= 0.6 is 11.3 Å². The maximum absolute atomic E-state index is 13.1. The highest BCUT2D eigenvalue weighted by molar-refractivity contribution is 7.93. The number of sulfonamides is 1. The van der Waals surface area contributed by atoms with E-state index in [9.17, 15) is 13.2 Å². The zero-order valence-electron chi connectivity index (χ0n) is 19.5. The Bertz CT molecular complexity index is 1310. The van der Waals surface area contributed by atoms with Crippen molar-refractivity contribution < 1.29 is 22.7 Å². The Balaban J connectivity index is 1.54. The molecule has 35 heavy (non-hydrogen) atoms. The Labute approximate surface area is 207 Å². The Morgan fingerprint density at radius 3 is 2.77 bits per heavy atom. The van der Waals surface area contributed by atoms with E-state index in [1.54, 1.807) is 31.5 Å². The molecule has 1 atom stereocenters. The lowest BCUT2D eigenvalue weighted by molar-refractivity contribution is 0.0777. The second-order valence-corrected chi connectivity index (χ2v) is 11.2. The number of pyridine rings is 1. The maximum atomic E-state index is 13.1. The number of aromatic nitrogens is 4. The van der Waals surface area contributed by atoms with Gasteiger partial charge in [0.1, 0.15) is 11.2 Å². The van der Waals surface area contributed by atoms with Crippen molar-refractivity contribution in [3.63, 3.8) is 0 Å². The summed E-state index contributed by atoms with van der Waals surface area (Å²) in [5.74, 6) is -0.0409. The largest absolute Gasteiger partial charge is 0.477 e. The average molecular weight is 519 g/mol. The number of carbonyl (C=O) groups excluding carboxylic acids is 1. The predicted octanol–water partition coefficient (Wildman–Crippen LogP) is 2.59. The van der Waals surface area contributed by atoms with Gasteiger partial charge in [0.2, 0.25) is 15.9 Å². The van der Waals surface area contributed by atoms with Crippen LogP contribution in [0.4, 0.5) is 5.69 Å². The number of nitrogens with zero attached hydrogens (tertiary/aromatic N) is 4. The minimum Gasteiger partial charge on any atom is -0.477 e. The van der Waals surface area contributed by atoms with Gasteiger partial charge in [-0.25, -0.2) is 18.4 Å². The van der Waals surface area contributed by atoms with Gasteiger partial charge >= 0.3 is 0 Å². The molecule has 4 rings (SSSR count). The van der Waals surface area contributed by atoms with Gasteiger partial charge in [-0.3, -0.25) is 19.5 Å².